The predicted molar refractivity (Wildman–Crippen MR) is 112 cm³/mol. The Labute approximate surface area is 172 Å². The van der Waals surface area contributed by atoms with Crippen LogP contribution in [0.5, 0.6) is 0 Å². The number of amides is 1. The molecule has 6 heteroatoms. The van der Waals surface area contributed by atoms with Gasteiger partial charge in [-0.15, -0.1) is 0 Å². The molecule has 0 aliphatic carbocycles. The number of β-amino-alcohol motifs (C(OH)–C–C–N with tert-alkyl or cyclic N) is 1. The first-order chi connectivity index (χ1) is 13.9. The maximum Gasteiger partial charge on any atom is 0.219 e. The van der Waals surface area contributed by atoms with E-state index in [0.717, 1.165) is 62.4 Å². The summed E-state index contributed by atoms with van der Waals surface area (Å²) in [4.78, 5) is 25.2. The van der Waals surface area contributed by atoms with Crippen molar-refractivity contribution in [3.05, 3.63) is 47.8 Å². The van der Waals surface area contributed by atoms with Crippen molar-refractivity contribution < 1.29 is 9.90 Å². The van der Waals surface area contributed by atoms with E-state index in [-0.39, 0.29) is 11.3 Å². The molecule has 6 nitrogen and oxygen atoms in total. The van der Waals surface area contributed by atoms with Crippen molar-refractivity contribution in [2.24, 2.45) is 5.41 Å². The number of rotatable bonds is 3. The molecule has 0 saturated carbocycles. The van der Waals surface area contributed by atoms with Crippen molar-refractivity contribution in [1.82, 2.24) is 19.8 Å². The van der Waals surface area contributed by atoms with Crippen LogP contribution >= 0.6 is 0 Å². The standard InChI is InChI=1S/C23H30N4O2/c1-17-5-3-4-6-21(17)22-24-12-19(13-25-22)14-26-9-7-23(8-10-26)11-20(29)15-27(16-23)18(2)28/h3-6,12-13,20,29H,7-11,14-16H2,1-2H3. The summed E-state index contributed by atoms with van der Waals surface area (Å²) < 4.78 is 0. The molecule has 154 valence electrons. The van der Waals surface area contributed by atoms with Crippen molar-refractivity contribution in [3.63, 3.8) is 0 Å². The Balaban J connectivity index is 1.36. The zero-order valence-electron chi connectivity index (χ0n) is 17.3. The SMILES string of the molecule is CC(=O)N1CC(O)CC2(CCN(Cc3cnc(-c4ccccc4C)nc3)CC2)C1. The number of hydrogen-bond donors (Lipinski definition) is 1. The van der Waals surface area contributed by atoms with Gasteiger partial charge in [0.25, 0.3) is 0 Å². The van der Waals surface area contributed by atoms with Crippen LogP contribution in [-0.2, 0) is 11.3 Å². The zero-order valence-corrected chi connectivity index (χ0v) is 17.3. The van der Waals surface area contributed by atoms with Crippen LogP contribution in [-0.4, -0.2) is 63.1 Å². The molecule has 1 spiro atoms. The highest BCUT2D eigenvalue weighted by atomic mass is 16.3. The van der Waals surface area contributed by atoms with E-state index in [9.17, 15) is 9.90 Å². The van der Waals surface area contributed by atoms with Gasteiger partial charge in [-0.1, -0.05) is 24.3 Å². The molecule has 1 aromatic carbocycles. The fourth-order valence-corrected chi connectivity index (χ4v) is 4.80. The molecule has 4 rings (SSSR count). The Morgan fingerprint density at radius 2 is 1.90 bits per heavy atom. The topological polar surface area (TPSA) is 69.6 Å². The first-order valence-electron chi connectivity index (χ1n) is 10.5. The summed E-state index contributed by atoms with van der Waals surface area (Å²) in [6.45, 7) is 7.71. The molecule has 2 aliphatic heterocycles. The van der Waals surface area contributed by atoms with Crippen LogP contribution < -0.4 is 0 Å². The van der Waals surface area contributed by atoms with Crippen LogP contribution in [0.25, 0.3) is 11.4 Å². The van der Waals surface area contributed by atoms with Gasteiger partial charge in [0, 0.05) is 50.1 Å². The van der Waals surface area contributed by atoms with E-state index < -0.39 is 6.10 Å². The van der Waals surface area contributed by atoms with Gasteiger partial charge < -0.3 is 10.0 Å². The fourth-order valence-electron chi connectivity index (χ4n) is 4.80. The lowest BCUT2D eigenvalue weighted by atomic mass is 9.71. The monoisotopic (exact) mass is 394 g/mol. The summed E-state index contributed by atoms with van der Waals surface area (Å²) in [5.74, 6) is 0.835. The van der Waals surface area contributed by atoms with E-state index in [0.29, 0.717) is 6.54 Å². The summed E-state index contributed by atoms with van der Waals surface area (Å²) in [6, 6.07) is 8.17. The van der Waals surface area contributed by atoms with E-state index in [1.165, 1.54) is 5.56 Å². The molecule has 2 aliphatic rings. The number of piperidine rings is 2. The molecule has 2 fully saturated rings. The number of aliphatic hydroxyl groups is 1. The minimum Gasteiger partial charge on any atom is -0.391 e. The van der Waals surface area contributed by atoms with Crippen molar-refractivity contribution >= 4 is 5.91 Å². The van der Waals surface area contributed by atoms with Crippen molar-refractivity contribution in [2.45, 2.75) is 45.8 Å². The molecule has 1 amide bonds. The molecular weight excluding hydrogens is 364 g/mol. The summed E-state index contributed by atoms with van der Waals surface area (Å²) in [5.41, 5.74) is 3.43. The maximum absolute atomic E-state index is 11.8. The first kappa shape index (κ1) is 20.0. The third-order valence-corrected chi connectivity index (χ3v) is 6.49. The number of carbonyl (C=O) groups excluding carboxylic acids is 1. The molecule has 1 N–H and O–H groups in total. The highest BCUT2D eigenvalue weighted by Gasteiger charge is 2.42. The lowest BCUT2D eigenvalue weighted by Gasteiger charge is -2.49. The lowest BCUT2D eigenvalue weighted by molar-refractivity contribution is -0.138. The molecule has 0 radical (unpaired) electrons. The van der Waals surface area contributed by atoms with Gasteiger partial charge in [-0.05, 0) is 50.3 Å². The third kappa shape index (κ3) is 4.49. The number of aliphatic hydroxyl groups excluding tert-OH is 1. The second kappa shape index (κ2) is 8.20. The number of hydrogen-bond acceptors (Lipinski definition) is 5. The Kier molecular flexibility index (Phi) is 5.65. The van der Waals surface area contributed by atoms with Crippen LogP contribution in [0.2, 0.25) is 0 Å². The molecule has 0 bridgehead atoms. The molecule has 3 heterocycles. The molecule has 1 atom stereocenters. The van der Waals surface area contributed by atoms with Gasteiger partial charge in [0.2, 0.25) is 5.91 Å². The Bertz CT molecular complexity index is 859. The number of nitrogens with zero attached hydrogens (tertiary/aromatic N) is 4. The van der Waals surface area contributed by atoms with Gasteiger partial charge in [0.1, 0.15) is 0 Å². The largest absolute Gasteiger partial charge is 0.391 e. The minimum absolute atomic E-state index is 0.0605. The van der Waals surface area contributed by atoms with E-state index >= 15 is 0 Å². The van der Waals surface area contributed by atoms with Crippen LogP contribution in [0.15, 0.2) is 36.7 Å². The van der Waals surface area contributed by atoms with E-state index in [1.807, 2.05) is 29.4 Å². The highest BCUT2D eigenvalue weighted by molar-refractivity contribution is 5.73. The molecular formula is C23H30N4O2. The molecule has 1 unspecified atom stereocenters. The van der Waals surface area contributed by atoms with Crippen molar-refractivity contribution in [2.75, 3.05) is 26.2 Å². The van der Waals surface area contributed by atoms with E-state index in [2.05, 4.69) is 33.9 Å². The Morgan fingerprint density at radius 3 is 2.55 bits per heavy atom. The van der Waals surface area contributed by atoms with Gasteiger partial charge in [0.15, 0.2) is 5.82 Å². The average molecular weight is 395 g/mol. The zero-order chi connectivity index (χ0) is 20.4. The van der Waals surface area contributed by atoms with Crippen LogP contribution in [0.1, 0.15) is 37.3 Å². The smallest absolute Gasteiger partial charge is 0.219 e. The number of likely N-dealkylation sites (tertiary alicyclic amines) is 2. The highest BCUT2D eigenvalue weighted by Crippen LogP contribution is 2.40. The molecule has 2 saturated heterocycles. The van der Waals surface area contributed by atoms with Gasteiger partial charge in [0.05, 0.1) is 6.10 Å². The first-order valence-corrected chi connectivity index (χ1v) is 10.5. The number of carbonyl (C=O) groups is 1. The van der Waals surface area contributed by atoms with Gasteiger partial charge in [-0.3, -0.25) is 9.69 Å². The molecule has 2 aromatic rings. The summed E-state index contributed by atoms with van der Waals surface area (Å²) >= 11 is 0. The lowest BCUT2D eigenvalue weighted by Crippen LogP contribution is -2.54. The van der Waals surface area contributed by atoms with Gasteiger partial charge >= 0.3 is 0 Å². The van der Waals surface area contributed by atoms with Gasteiger partial charge in [-0.25, -0.2) is 9.97 Å². The second-order valence-corrected chi connectivity index (χ2v) is 8.76. The second-order valence-electron chi connectivity index (χ2n) is 8.76. The number of aryl methyl sites for hydroxylation is 1. The fraction of sp³-hybridized carbons (Fsp3) is 0.522. The maximum atomic E-state index is 11.8. The van der Waals surface area contributed by atoms with Crippen LogP contribution in [0.4, 0.5) is 0 Å². The Morgan fingerprint density at radius 1 is 1.21 bits per heavy atom. The van der Waals surface area contributed by atoms with Gasteiger partial charge in [-0.2, -0.15) is 0 Å². The summed E-state index contributed by atoms with van der Waals surface area (Å²) in [7, 11) is 0. The summed E-state index contributed by atoms with van der Waals surface area (Å²) in [6.07, 6.45) is 6.29. The predicted octanol–water partition coefficient (Wildman–Crippen LogP) is 2.65. The van der Waals surface area contributed by atoms with Crippen molar-refractivity contribution in [3.8, 4) is 11.4 Å². The Hall–Kier alpha value is -2.31. The quantitative estimate of drug-likeness (QED) is 0.867. The van der Waals surface area contributed by atoms with Crippen LogP contribution in [0, 0.1) is 12.3 Å². The number of aromatic nitrogens is 2. The number of benzene rings is 1. The average Bonchev–Trinajstić information content (AvgIpc) is 2.70. The molecule has 29 heavy (non-hydrogen) atoms. The minimum atomic E-state index is -0.401. The van der Waals surface area contributed by atoms with E-state index in [1.54, 1.807) is 6.92 Å². The summed E-state index contributed by atoms with van der Waals surface area (Å²) in [5, 5.41) is 10.3. The third-order valence-electron chi connectivity index (χ3n) is 6.49. The van der Waals surface area contributed by atoms with E-state index in [4.69, 9.17) is 0 Å². The normalized spacial score (nSPS) is 22.0. The van der Waals surface area contributed by atoms with Crippen molar-refractivity contribution in [1.29, 1.82) is 0 Å². The van der Waals surface area contributed by atoms with Crippen LogP contribution in [0.3, 0.4) is 0 Å². The molecule has 1 aromatic heterocycles.